The first-order valence-corrected chi connectivity index (χ1v) is 8.79. The molecule has 1 aromatic carbocycles. The Morgan fingerprint density at radius 3 is 2.40 bits per heavy atom. The highest BCUT2D eigenvalue weighted by molar-refractivity contribution is 8.14. The van der Waals surface area contributed by atoms with Crippen LogP contribution < -0.4 is 5.32 Å². The first-order chi connectivity index (χ1) is 9.58. The van der Waals surface area contributed by atoms with E-state index in [1.54, 1.807) is 23.9 Å². The van der Waals surface area contributed by atoms with Crippen LogP contribution in [-0.2, 0) is 0 Å². The van der Waals surface area contributed by atoms with Gasteiger partial charge < -0.3 is 5.32 Å². The highest BCUT2D eigenvalue weighted by Gasteiger charge is 2.36. The molecule has 1 spiro atoms. The molecule has 20 heavy (non-hydrogen) atoms. The molecule has 1 aliphatic carbocycles. The lowest BCUT2D eigenvalue weighted by Gasteiger charge is -2.31. The maximum absolute atomic E-state index is 6.17. The first kappa shape index (κ1) is 14.8. The molecule has 1 fully saturated rings. The van der Waals surface area contributed by atoms with Crippen molar-refractivity contribution in [2.75, 3.05) is 17.6 Å². The van der Waals surface area contributed by atoms with Crippen LogP contribution in [0.5, 0.6) is 0 Å². The van der Waals surface area contributed by atoms with Crippen molar-refractivity contribution >= 4 is 57.4 Å². The highest BCUT2D eigenvalue weighted by atomic mass is 35.5. The standard InChI is InChI=1S/C14H15Cl3N2S/c15-9-5-11(17)12(6-10(9)16)19-13-18-7-14(8-20-13)3-1-2-4-14/h5-6H,1-4,7-8H2,(H,18,19). The fourth-order valence-corrected chi connectivity index (χ4v) is 4.54. The molecule has 1 N–H and O–H groups in total. The van der Waals surface area contributed by atoms with E-state index in [-0.39, 0.29) is 0 Å². The van der Waals surface area contributed by atoms with E-state index in [2.05, 4.69) is 10.3 Å². The largest absolute Gasteiger partial charge is 0.334 e. The number of hydrogen-bond acceptors (Lipinski definition) is 3. The van der Waals surface area contributed by atoms with Crippen LogP contribution in [0, 0.1) is 5.41 Å². The average molecular weight is 350 g/mol. The predicted molar refractivity (Wildman–Crippen MR) is 90.8 cm³/mol. The molecule has 3 rings (SSSR count). The van der Waals surface area contributed by atoms with E-state index in [1.165, 1.54) is 25.7 Å². The Morgan fingerprint density at radius 2 is 1.75 bits per heavy atom. The fraction of sp³-hybridized carbons (Fsp3) is 0.500. The monoisotopic (exact) mass is 348 g/mol. The molecule has 2 nitrogen and oxygen atoms in total. The summed E-state index contributed by atoms with van der Waals surface area (Å²) in [6.45, 7) is 0.918. The topological polar surface area (TPSA) is 24.4 Å². The van der Waals surface area contributed by atoms with Crippen LogP contribution in [0.15, 0.2) is 17.1 Å². The number of benzene rings is 1. The molecule has 108 valence electrons. The number of amidine groups is 1. The van der Waals surface area contributed by atoms with Crippen LogP contribution in [0.2, 0.25) is 15.1 Å². The zero-order valence-corrected chi connectivity index (χ0v) is 14.0. The summed E-state index contributed by atoms with van der Waals surface area (Å²) in [6, 6.07) is 3.40. The Morgan fingerprint density at radius 1 is 1.05 bits per heavy atom. The average Bonchev–Trinajstić information content (AvgIpc) is 2.87. The fourth-order valence-electron chi connectivity index (χ4n) is 2.79. The minimum Gasteiger partial charge on any atom is -0.334 e. The van der Waals surface area contributed by atoms with Crippen molar-refractivity contribution in [3.63, 3.8) is 0 Å². The van der Waals surface area contributed by atoms with E-state index < -0.39 is 0 Å². The Labute approximate surface area is 138 Å². The van der Waals surface area contributed by atoms with Gasteiger partial charge in [-0.3, -0.25) is 4.99 Å². The van der Waals surface area contributed by atoms with Crippen molar-refractivity contribution in [1.82, 2.24) is 0 Å². The zero-order valence-electron chi connectivity index (χ0n) is 10.9. The Bertz CT molecular complexity index is 554. The van der Waals surface area contributed by atoms with Gasteiger partial charge in [-0.25, -0.2) is 0 Å². The van der Waals surface area contributed by atoms with Crippen LogP contribution in [0.3, 0.4) is 0 Å². The summed E-state index contributed by atoms with van der Waals surface area (Å²) in [5, 5.41) is 5.70. The van der Waals surface area contributed by atoms with Crippen molar-refractivity contribution in [3.05, 3.63) is 27.2 Å². The molecule has 0 bridgehead atoms. The second-order valence-corrected chi connectivity index (χ2v) is 7.67. The molecular weight excluding hydrogens is 335 g/mol. The van der Waals surface area contributed by atoms with Gasteiger partial charge in [0.2, 0.25) is 0 Å². The molecule has 0 radical (unpaired) electrons. The summed E-state index contributed by atoms with van der Waals surface area (Å²) in [7, 11) is 0. The van der Waals surface area contributed by atoms with Crippen LogP contribution in [-0.4, -0.2) is 17.5 Å². The predicted octanol–water partition coefficient (Wildman–Crippen LogP) is 5.72. The number of thioether (sulfide) groups is 1. The summed E-state index contributed by atoms with van der Waals surface area (Å²) in [5.74, 6) is 1.14. The van der Waals surface area contributed by atoms with E-state index >= 15 is 0 Å². The van der Waals surface area contributed by atoms with E-state index in [0.717, 1.165) is 23.2 Å². The molecule has 0 saturated heterocycles. The van der Waals surface area contributed by atoms with Gasteiger partial charge in [0.05, 0.1) is 20.8 Å². The van der Waals surface area contributed by atoms with Gasteiger partial charge in [0, 0.05) is 12.3 Å². The number of hydrogen-bond donors (Lipinski definition) is 1. The summed E-state index contributed by atoms with van der Waals surface area (Å²) < 4.78 is 0. The van der Waals surface area contributed by atoms with Gasteiger partial charge in [0.1, 0.15) is 0 Å². The van der Waals surface area contributed by atoms with Gasteiger partial charge in [-0.15, -0.1) is 0 Å². The lowest BCUT2D eigenvalue weighted by Crippen LogP contribution is -2.30. The molecule has 0 amide bonds. The highest BCUT2D eigenvalue weighted by Crippen LogP contribution is 2.43. The Balaban J connectivity index is 1.73. The summed E-state index contributed by atoms with van der Waals surface area (Å²) >= 11 is 19.9. The van der Waals surface area contributed by atoms with Crippen LogP contribution in [0.4, 0.5) is 5.69 Å². The van der Waals surface area contributed by atoms with E-state index in [0.29, 0.717) is 20.5 Å². The lowest BCUT2D eigenvalue weighted by atomic mass is 9.89. The minimum absolute atomic E-state index is 0.442. The van der Waals surface area contributed by atoms with Gasteiger partial charge in [-0.2, -0.15) is 0 Å². The number of nitrogens with one attached hydrogen (secondary N) is 1. The van der Waals surface area contributed by atoms with Gasteiger partial charge in [0.25, 0.3) is 0 Å². The first-order valence-electron chi connectivity index (χ1n) is 6.67. The molecule has 0 unspecified atom stereocenters. The van der Waals surface area contributed by atoms with Crippen molar-refractivity contribution in [1.29, 1.82) is 0 Å². The summed E-state index contributed by atoms with van der Waals surface area (Å²) in [4.78, 5) is 4.69. The molecule has 1 aromatic rings. The van der Waals surface area contributed by atoms with E-state index in [1.807, 2.05) is 0 Å². The Hall–Kier alpha value is -0.0900. The van der Waals surface area contributed by atoms with Gasteiger partial charge in [-0.1, -0.05) is 59.4 Å². The van der Waals surface area contributed by atoms with Crippen molar-refractivity contribution in [2.24, 2.45) is 10.4 Å². The van der Waals surface area contributed by atoms with Crippen LogP contribution >= 0.6 is 46.6 Å². The third-order valence-corrected chi connectivity index (χ3v) is 6.29. The molecule has 6 heteroatoms. The summed E-state index contributed by atoms with van der Waals surface area (Å²) in [6.07, 6.45) is 5.31. The quantitative estimate of drug-likeness (QED) is 0.655. The number of nitrogens with zero attached hydrogens (tertiary/aromatic N) is 1. The second kappa shape index (κ2) is 5.96. The maximum Gasteiger partial charge on any atom is 0.161 e. The van der Waals surface area contributed by atoms with Gasteiger partial charge in [-0.05, 0) is 30.4 Å². The van der Waals surface area contributed by atoms with Crippen LogP contribution in [0.1, 0.15) is 25.7 Å². The second-order valence-electron chi connectivity index (χ2n) is 5.49. The lowest BCUT2D eigenvalue weighted by molar-refractivity contribution is 0.359. The Kier molecular flexibility index (Phi) is 4.42. The molecule has 0 aromatic heterocycles. The molecule has 0 atom stereocenters. The van der Waals surface area contributed by atoms with E-state index in [9.17, 15) is 0 Å². The van der Waals surface area contributed by atoms with Gasteiger partial charge in [0.15, 0.2) is 5.17 Å². The molecule has 1 aliphatic heterocycles. The molecule has 1 heterocycles. The number of aliphatic imine (C=N–C) groups is 1. The zero-order chi connectivity index (χ0) is 14.2. The molecular formula is C14H15Cl3N2S. The normalized spacial score (nSPS) is 21.1. The summed E-state index contributed by atoms with van der Waals surface area (Å²) in [5.41, 5.74) is 1.20. The SMILES string of the molecule is Clc1cc(Cl)c(NC2=NCC3(CCCC3)CS2)cc1Cl. The maximum atomic E-state index is 6.17. The third kappa shape index (κ3) is 3.06. The molecule has 1 saturated carbocycles. The van der Waals surface area contributed by atoms with Crippen molar-refractivity contribution < 1.29 is 0 Å². The number of anilines is 1. The number of rotatable bonds is 1. The van der Waals surface area contributed by atoms with Crippen LogP contribution in [0.25, 0.3) is 0 Å². The van der Waals surface area contributed by atoms with Crippen molar-refractivity contribution in [3.8, 4) is 0 Å². The third-order valence-electron chi connectivity index (χ3n) is 3.99. The van der Waals surface area contributed by atoms with E-state index in [4.69, 9.17) is 34.8 Å². The molecule has 2 aliphatic rings. The minimum atomic E-state index is 0.442. The number of halogens is 3. The smallest absolute Gasteiger partial charge is 0.161 e. The van der Waals surface area contributed by atoms with Crippen molar-refractivity contribution in [2.45, 2.75) is 25.7 Å². The van der Waals surface area contributed by atoms with Gasteiger partial charge >= 0.3 is 0 Å².